The number of amides is 1. The number of anilines is 1. The molecule has 0 aromatic heterocycles. The molecule has 2 rings (SSSR count). The van der Waals surface area contributed by atoms with E-state index < -0.39 is 11.6 Å². The van der Waals surface area contributed by atoms with Crippen molar-refractivity contribution in [2.75, 3.05) is 11.9 Å². The Morgan fingerprint density at radius 3 is 2.53 bits per heavy atom. The molecule has 1 aromatic carbocycles. The highest BCUT2D eigenvalue weighted by Crippen LogP contribution is 2.27. The van der Waals surface area contributed by atoms with E-state index in [0.29, 0.717) is 25.7 Å². The van der Waals surface area contributed by atoms with Crippen LogP contribution < -0.4 is 4.90 Å². The second-order valence-electron chi connectivity index (χ2n) is 4.81. The summed E-state index contributed by atoms with van der Waals surface area (Å²) in [7, 11) is 1.43. The monoisotopic (exact) mass is 267 g/mol. The summed E-state index contributed by atoms with van der Waals surface area (Å²) < 4.78 is 26.7. The molecule has 1 aromatic rings. The Balaban J connectivity index is 2.14. The number of hydrogen-bond acceptors (Lipinski definition) is 2. The Bertz CT molecular complexity index is 506. The maximum absolute atomic E-state index is 13.6. The summed E-state index contributed by atoms with van der Waals surface area (Å²) in [6.07, 6.45) is 1.74. The summed E-state index contributed by atoms with van der Waals surface area (Å²) in [5.41, 5.74) is -0.0677. The van der Waals surface area contributed by atoms with Gasteiger partial charge in [-0.05, 0) is 25.0 Å². The third-order valence-corrected chi connectivity index (χ3v) is 3.49. The van der Waals surface area contributed by atoms with Crippen LogP contribution in [0.15, 0.2) is 18.2 Å². The van der Waals surface area contributed by atoms with Crippen molar-refractivity contribution >= 4 is 17.4 Å². The zero-order valence-corrected chi connectivity index (χ0v) is 10.7. The fraction of sp³-hybridized carbons (Fsp3) is 0.429. The lowest BCUT2D eigenvalue weighted by molar-refractivity contribution is -0.126. The van der Waals surface area contributed by atoms with Gasteiger partial charge in [0.1, 0.15) is 17.4 Å². The summed E-state index contributed by atoms with van der Waals surface area (Å²) in [5, 5.41) is 0. The van der Waals surface area contributed by atoms with Gasteiger partial charge in [-0.2, -0.15) is 0 Å². The molecule has 3 nitrogen and oxygen atoms in total. The highest BCUT2D eigenvalue weighted by Gasteiger charge is 2.28. The molecule has 0 spiro atoms. The van der Waals surface area contributed by atoms with Crippen molar-refractivity contribution < 1.29 is 18.4 Å². The van der Waals surface area contributed by atoms with Crippen LogP contribution >= 0.6 is 0 Å². The van der Waals surface area contributed by atoms with Gasteiger partial charge in [-0.25, -0.2) is 8.78 Å². The molecule has 102 valence electrons. The molecule has 0 atom stereocenters. The highest BCUT2D eigenvalue weighted by atomic mass is 19.1. The third-order valence-electron chi connectivity index (χ3n) is 3.49. The van der Waals surface area contributed by atoms with Crippen molar-refractivity contribution in [1.82, 2.24) is 0 Å². The fourth-order valence-corrected chi connectivity index (χ4v) is 2.32. The molecule has 0 heterocycles. The number of halogens is 2. The first-order valence-electron chi connectivity index (χ1n) is 6.23. The number of rotatable bonds is 2. The molecule has 0 bridgehead atoms. The lowest BCUT2D eigenvalue weighted by atomic mass is 9.87. The molecule has 0 unspecified atom stereocenters. The van der Waals surface area contributed by atoms with Crippen LogP contribution in [0.5, 0.6) is 0 Å². The van der Waals surface area contributed by atoms with Crippen LogP contribution in [-0.2, 0) is 9.59 Å². The molecular weight excluding hydrogens is 252 g/mol. The van der Waals surface area contributed by atoms with Crippen LogP contribution in [0.4, 0.5) is 14.5 Å². The summed E-state index contributed by atoms with van der Waals surface area (Å²) in [5.74, 6) is -1.62. The minimum absolute atomic E-state index is 0.0677. The van der Waals surface area contributed by atoms with E-state index in [0.717, 1.165) is 23.1 Å². The van der Waals surface area contributed by atoms with E-state index in [1.54, 1.807) is 0 Å². The molecule has 0 saturated heterocycles. The van der Waals surface area contributed by atoms with Crippen LogP contribution in [0.25, 0.3) is 0 Å². The minimum Gasteiger partial charge on any atom is -0.312 e. The van der Waals surface area contributed by atoms with Crippen LogP contribution in [-0.4, -0.2) is 18.7 Å². The van der Waals surface area contributed by atoms with E-state index >= 15 is 0 Å². The Kier molecular flexibility index (Phi) is 3.93. The standard InChI is InChI=1S/C14H15F2NO2/c1-17(13-8-10(15)4-7-12(13)16)14(19)9-2-5-11(18)6-3-9/h4,7-9H,2-3,5-6H2,1H3. The Morgan fingerprint density at radius 1 is 1.26 bits per heavy atom. The number of hydrogen-bond donors (Lipinski definition) is 0. The van der Waals surface area contributed by atoms with E-state index in [9.17, 15) is 18.4 Å². The number of carbonyl (C=O) groups is 2. The predicted molar refractivity (Wildman–Crippen MR) is 66.7 cm³/mol. The number of nitrogens with zero attached hydrogens (tertiary/aromatic N) is 1. The van der Waals surface area contributed by atoms with Crippen LogP contribution in [0.3, 0.4) is 0 Å². The number of carbonyl (C=O) groups excluding carboxylic acids is 2. The smallest absolute Gasteiger partial charge is 0.229 e. The molecule has 1 fully saturated rings. The van der Waals surface area contributed by atoms with E-state index in [1.807, 2.05) is 0 Å². The zero-order chi connectivity index (χ0) is 14.0. The summed E-state index contributed by atoms with van der Waals surface area (Å²) in [6.45, 7) is 0. The van der Waals surface area contributed by atoms with Crippen LogP contribution in [0.2, 0.25) is 0 Å². The van der Waals surface area contributed by atoms with Gasteiger partial charge in [-0.3, -0.25) is 9.59 Å². The molecule has 0 N–H and O–H groups in total. The first-order chi connectivity index (χ1) is 8.99. The lowest BCUT2D eigenvalue weighted by Gasteiger charge is -2.26. The van der Waals surface area contributed by atoms with Crippen molar-refractivity contribution in [1.29, 1.82) is 0 Å². The number of Topliss-reactive ketones (excluding diaryl/α,β-unsaturated/α-hetero) is 1. The van der Waals surface area contributed by atoms with Gasteiger partial charge >= 0.3 is 0 Å². The first kappa shape index (κ1) is 13.6. The molecule has 1 saturated carbocycles. The van der Waals surface area contributed by atoms with Crippen molar-refractivity contribution in [3.8, 4) is 0 Å². The Hall–Kier alpha value is -1.78. The van der Waals surface area contributed by atoms with Gasteiger partial charge in [0, 0.05) is 31.9 Å². The normalized spacial score (nSPS) is 16.5. The molecule has 0 radical (unpaired) electrons. The van der Waals surface area contributed by atoms with Gasteiger partial charge in [0.05, 0.1) is 5.69 Å². The molecule has 1 aliphatic carbocycles. The fourth-order valence-electron chi connectivity index (χ4n) is 2.32. The van der Waals surface area contributed by atoms with Crippen LogP contribution in [0.1, 0.15) is 25.7 Å². The first-order valence-corrected chi connectivity index (χ1v) is 6.23. The molecule has 19 heavy (non-hydrogen) atoms. The average molecular weight is 267 g/mol. The zero-order valence-electron chi connectivity index (χ0n) is 10.7. The van der Waals surface area contributed by atoms with E-state index in [2.05, 4.69) is 0 Å². The highest BCUT2D eigenvalue weighted by molar-refractivity contribution is 5.95. The van der Waals surface area contributed by atoms with E-state index in [4.69, 9.17) is 0 Å². The van der Waals surface area contributed by atoms with E-state index in [-0.39, 0.29) is 23.3 Å². The molecule has 0 aliphatic heterocycles. The van der Waals surface area contributed by atoms with Crippen molar-refractivity contribution in [2.45, 2.75) is 25.7 Å². The lowest BCUT2D eigenvalue weighted by Crippen LogP contribution is -2.35. The molecular formula is C14H15F2NO2. The topological polar surface area (TPSA) is 37.4 Å². The van der Waals surface area contributed by atoms with Crippen LogP contribution in [0, 0.1) is 17.6 Å². The number of benzene rings is 1. The molecule has 5 heteroatoms. The third kappa shape index (κ3) is 2.97. The Labute approximate surface area is 110 Å². The summed E-state index contributed by atoms with van der Waals surface area (Å²) in [6, 6.07) is 3.01. The largest absolute Gasteiger partial charge is 0.312 e. The maximum Gasteiger partial charge on any atom is 0.229 e. The quantitative estimate of drug-likeness (QED) is 0.826. The van der Waals surface area contributed by atoms with Crippen molar-refractivity contribution in [3.63, 3.8) is 0 Å². The van der Waals surface area contributed by atoms with E-state index in [1.165, 1.54) is 7.05 Å². The van der Waals surface area contributed by atoms with Gasteiger partial charge in [0.2, 0.25) is 5.91 Å². The summed E-state index contributed by atoms with van der Waals surface area (Å²) >= 11 is 0. The average Bonchev–Trinajstić information content (AvgIpc) is 2.41. The van der Waals surface area contributed by atoms with Crippen molar-refractivity contribution in [3.05, 3.63) is 29.8 Å². The van der Waals surface area contributed by atoms with Gasteiger partial charge in [0.15, 0.2) is 0 Å². The second-order valence-corrected chi connectivity index (χ2v) is 4.81. The van der Waals surface area contributed by atoms with Gasteiger partial charge in [0.25, 0.3) is 0 Å². The SMILES string of the molecule is CN(C(=O)C1CCC(=O)CC1)c1cc(F)ccc1F. The van der Waals surface area contributed by atoms with Gasteiger partial charge < -0.3 is 4.90 Å². The summed E-state index contributed by atoms with van der Waals surface area (Å²) in [4.78, 5) is 24.5. The predicted octanol–water partition coefficient (Wildman–Crippen LogP) is 2.69. The second kappa shape index (κ2) is 5.47. The molecule has 1 aliphatic rings. The van der Waals surface area contributed by atoms with Gasteiger partial charge in [-0.1, -0.05) is 0 Å². The van der Waals surface area contributed by atoms with Gasteiger partial charge in [-0.15, -0.1) is 0 Å². The minimum atomic E-state index is -0.635. The molecule has 1 amide bonds. The number of ketones is 1. The maximum atomic E-state index is 13.6. The Morgan fingerprint density at radius 2 is 1.89 bits per heavy atom. The van der Waals surface area contributed by atoms with Crippen molar-refractivity contribution in [2.24, 2.45) is 5.92 Å².